The summed E-state index contributed by atoms with van der Waals surface area (Å²) < 4.78 is 1.78. The van der Waals surface area contributed by atoms with Gasteiger partial charge in [-0.15, -0.1) is 5.10 Å². The Morgan fingerprint density at radius 3 is 2.67 bits per heavy atom. The molecule has 0 spiro atoms. The molecular formula is C20H25N5O2. The molecule has 1 atom stereocenters. The lowest BCUT2D eigenvalue weighted by molar-refractivity contribution is -0.135. The Kier molecular flexibility index (Phi) is 4.68. The number of aryl methyl sites for hydroxylation is 2. The molecule has 27 heavy (non-hydrogen) atoms. The van der Waals surface area contributed by atoms with Gasteiger partial charge in [0.05, 0.1) is 11.4 Å². The predicted octanol–water partition coefficient (Wildman–Crippen LogP) is 1.47. The van der Waals surface area contributed by atoms with Gasteiger partial charge in [0.25, 0.3) is 5.91 Å². The summed E-state index contributed by atoms with van der Waals surface area (Å²) in [6.45, 7) is 0.538. The Hall–Kier alpha value is -2.70. The molecule has 7 heteroatoms. The summed E-state index contributed by atoms with van der Waals surface area (Å²) in [6, 6.07) is 7.87. The van der Waals surface area contributed by atoms with E-state index in [4.69, 9.17) is 0 Å². The van der Waals surface area contributed by atoms with Crippen molar-refractivity contribution in [3.05, 3.63) is 46.8 Å². The van der Waals surface area contributed by atoms with Crippen molar-refractivity contribution in [1.29, 1.82) is 0 Å². The first-order chi connectivity index (χ1) is 13.0. The first-order valence-corrected chi connectivity index (χ1v) is 9.53. The second-order valence-electron chi connectivity index (χ2n) is 7.69. The highest BCUT2D eigenvalue weighted by Gasteiger charge is 2.30. The van der Waals surface area contributed by atoms with E-state index in [2.05, 4.69) is 15.6 Å². The smallest absolute Gasteiger partial charge is 0.251 e. The van der Waals surface area contributed by atoms with Crippen LogP contribution in [0, 0.1) is 5.92 Å². The molecule has 0 saturated heterocycles. The van der Waals surface area contributed by atoms with Crippen LogP contribution in [0.3, 0.4) is 0 Å². The van der Waals surface area contributed by atoms with E-state index in [0.717, 1.165) is 42.6 Å². The van der Waals surface area contributed by atoms with Crippen molar-refractivity contribution >= 4 is 11.8 Å². The third-order valence-electron chi connectivity index (χ3n) is 5.47. The van der Waals surface area contributed by atoms with E-state index in [1.807, 2.05) is 38.4 Å². The van der Waals surface area contributed by atoms with Gasteiger partial charge in [-0.05, 0) is 43.4 Å². The lowest BCUT2D eigenvalue weighted by Gasteiger charge is -2.26. The molecule has 2 aromatic rings. The molecule has 1 saturated carbocycles. The van der Waals surface area contributed by atoms with E-state index in [0.29, 0.717) is 24.6 Å². The van der Waals surface area contributed by atoms with Crippen LogP contribution >= 0.6 is 0 Å². The zero-order valence-electron chi connectivity index (χ0n) is 15.8. The number of hydrogen-bond acceptors (Lipinski definition) is 4. The Morgan fingerprint density at radius 1 is 1.22 bits per heavy atom. The number of hydrogen-bond donors (Lipinski definition) is 1. The number of amides is 2. The van der Waals surface area contributed by atoms with Gasteiger partial charge < -0.3 is 10.2 Å². The summed E-state index contributed by atoms with van der Waals surface area (Å²) in [7, 11) is 3.72. The number of nitrogens with zero attached hydrogens (tertiary/aromatic N) is 4. The Balaban J connectivity index is 1.35. The summed E-state index contributed by atoms with van der Waals surface area (Å²) in [5.74, 6) is 0.108. The highest BCUT2D eigenvalue weighted by molar-refractivity contribution is 5.94. The lowest BCUT2D eigenvalue weighted by atomic mass is 9.88. The second-order valence-corrected chi connectivity index (χ2v) is 7.69. The summed E-state index contributed by atoms with van der Waals surface area (Å²) in [6.07, 6.45) is 4.47. The van der Waals surface area contributed by atoms with Crippen LogP contribution in [-0.4, -0.2) is 44.8 Å². The van der Waals surface area contributed by atoms with Crippen molar-refractivity contribution in [3.8, 4) is 0 Å². The third-order valence-corrected chi connectivity index (χ3v) is 5.47. The van der Waals surface area contributed by atoms with Gasteiger partial charge in [0.1, 0.15) is 0 Å². The van der Waals surface area contributed by atoms with Crippen LogP contribution in [0.5, 0.6) is 0 Å². The average molecular weight is 367 g/mol. The molecular weight excluding hydrogens is 342 g/mol. The zero-order chi connectivity index (χ0) is 19.0. The predicted molar refractivity (Wildman–Crippen MR) is 99.9 cm³/mol. The summed E-state index contributed by atoms with van der Waals surface area (Å²) in [5.41, 5.74) is 3.78. The zero-order valence-corrected chi connectivity index (χ0v) is 15.8. The molecule has 4 rings (SSSR count). The fraction of sp³-hybridized carbons (Fsp3) is 0.500. The van der Waals surface area contributed by atoms with Crippen molar-refractivity contribution in [3.63, 3.8) is 0 Å². The molecule has 0 bridgehead atoms. The van der Waals surface area contributed by atoms with Crippen LogP contribution in [0.2, 0.25) is 0 Å². The second kappa shape index (κ2) is 7.13. The average Bonchev–Trinajstić information content (AvgIpc) is 3.42. The fourth-order valence-electron chi connectivity index (χ4n) is 3.64. The van der Waals surface area contributed by atoms with E-state index < -0.39 is 0 Å². The maximum absolute atomic E-state index is 12.9. The maximum atomic E-state index is 12.9. The molecule has 1 aromatic carbocycles. The van der Waals surface area contributed by atoms with Gasteiger partial charge in [-0.2, -0.15) is 0 Å². The molecule has 1 heterocycles. The first-order valence-electron chi connectivity index (χ1n) is 9.53. The molecule has 2 aliphatic rings. The van der Waals surface area contributed by atoms with Gasteiger partial charge in [0, 0.05) is 44.6 Å². The minimum absolute atomic E-state index is 0.0173. The van der Waals surface area contributed by atoms with Crippen LogP contribution < -0.4 is 5.32 Å². The Morgan fingerprint density at radius 2 is 1.96 bits per heavy atom. The van der Waals surface area contributed by atoms with Crippen LogP contribution in [0.15, 0.2) is 24.3 Å². The van der Waals surface area contributed by atoms with Crippen molar-refractivity contribution in [2.75, 3.05) is 7.05 Å². The maximum Gasteiger partial charge on any atom is 0.251 e. The summed E-state index contributed by atoms with van der Waals surface area (Å²) >= 11 is 0. The molecule has 1 unspecified atom stereocenters. The van der Waals surface area contributed by atoms with Crippen molar-refractivity contribution in [1.82, 2.24) is 25.2 Å². The Bertz CT molecular complexity index is 854. The van der Waals surface area contributed by atoms with Gasteiger partial charge in [0.15, 0.2) is 0 Å². The van der Waals surface area contributed by atoms with Crippen molar-refractivity contribution < 1.29 is 9.59 Å². The lowest BCUT2D eigenvalue weighted by Crippen LogP contribution is -2.35. The van der Waals surface area contributed by atoms with Crippen LogP contribution in [0.1, 0.15) is 46.6 Å². The van der Waals surface area contributed by atoms with E-state index in [1.165, 1.54) is 0 Å². The molecule has 7 nitrogen and oxygen atoms in total. The fourth-order valence-corrected chi connectivity index (χ4v) is 3.64. The van der Waals surface area contributed by atoms with E-state index >= 15 is 0 Å². The number of aromatic nitrogens is 3. The van der Waals surface area contributed by atoms with Gasteiger partial charge in [-0.1, -0.05) is 17.3 Å². The molecule has 142 valence electrons. The van der Waals surface area contributed by atoms with E-state index in [-0.39, 0.29) is 17.7 Å². The topological polar surface area (TPSA) is 80.1 Å². The van der Waals surface area contributed by atoms with Crippen molar-refractivity contribution in [2.45, 2.75) is 44.7 Å². The number of carbonyl (C=O) groups is 2. The monoisotopic (exact) mass is 367 g/mol. The standard InChI is InChI=1S/C20H25N5O2/c1-24(20(27)15-7-10-17-18(11-15)25(2)23-22-17)12-13-3-5-14(6-4-13)19(26)21-16-8-9-16/h3-6,15-16H,7-12H2,1-2H3,(H,21,26). The van der Waals surface area contributed by atoms with Gasteiger partial charge in [0.2, 0.25) is 5.91 Å². The molecule has 2 aliphatic carbocycles. The number of nitrogens with one attached hydrogen (secondary N) is 1. The number of benzene rings is 1. The summed E-state index contributed by atoms with van der Waals surface area (Å²) in [4.78, 5) is 26.7. The molecule has 1 fully saturated rings. The number of carbonyl (C=O) groups excluding carboxylic acids is 2. The molecule has 2 amide bonds. The number of fused-ring (bicyclic) bond motifs is 1. The normalized spacial score (nSPS) is 18.7. The van der Waals surface area contributed by atoms with Gasteiger partial charge in [-0.25, -0.2) is 0 Å². The minimum Gasteiger partial charge on any atom is -0.349 e. The minimum atomic E-state index is -0.0247. The van der Waals surface area contributed by atoms with Gasteiger partial charge >= 0.3 is 0 Å². The highest BCUT2D eigenvalue weighted by atomic mass is 16.2. The highest BCUT2D eigenvalue weighted by Crippen LogP contribution is 2.25. The molecule has 1 N–H and O–H groups in total. The van der Waals surface area contributed by atoms with Crippen LogP contribution in [-0.2, 0) is 31.2 Å². The van der Waals surface area contributed by atoms with Crippen LogP contribution in [0.25, 0.3) is 0 Å². The first kappa shape index (κ1) is 17.7. The SMILES string of the molecule is CN(Cc1ccc(C(=O)NC2CC2)cc1)C(=O)C1CCc2nnn(C)c2C1. The quantitative estimate of drug-likeness (QED) is 0.868. The molecule has 0 aliphatic heterocycles. The molecule has 0 radical (unpaired) electrons. The van der Waals surface area contributed by atoms with E-state index in [9.17, 15) is 9.59 Å². The van der Waals surface area contributed by atoms with E-state index in [1.54, 1.807) is 9.58 Å². The summed E-state index contributed by atoms with van der Waals surface area (Å²) in [5, 5.41) is 11.2. The van der Waals surface area contributed by atoms with Crippen molar-refractivity contribution in [2.24, 2.45) is 13.0 Å². The molecule has 1 aromatic heterocycles. The van der Waals surface area contributed by atoms with Gasteiger partial charge in [-0.3, -0.25) is 14.3 Å². The van der Waals surface area contributed by atoms with Crippen LogP contribution in [0.4, 0.5) is 0 Å². The third kappa shape index (κ3) is 3.86. The largest absolute Gasteiger partial charge is 0.349 e. The number of rotatable bonds is 5. The Labute approximate surface area is 158 Å².